The van der Waals surface area contributed by atoms with E-state index in [1.165, 1.54) is 16.7 Å². The lowest BCUT2D eigenvalue weighted by molar-refractivity contribution is 0.701. The van der Waals surface area contributed by atoms with Crippen LogP contribution in [0.3, 0.4) is 0 Å². The lowest BCUT2D eigenvalue weighted by Crippen LogP contribution is -2.15. The van der Waals surface area contributed by atoms with Gasteiger partial charge in [0.15, 0.2) is 0 Å². The molecule has 0 spiro atoms. The molecule has 0 aliphatic rings. The predicted molar refractivity (Wildman–Crippen MR) is 78.5 cm³/mol. The third-order valence-electron chi connectivity index (χ3n) is 3.04. The molecule has 2 nitrogen and oxygen atoms in total. The average molecular weight is 305 g/mol. The molecule has 1 aromatic heterocycles. The molecule has 0 amide bonds. The van der Waals surface area contributed by atoms with Crippen LogP contribution < -0.4 is 5.73 Å². The van der Waals surface area contributed by atoms with E-state index in [4.69, 9.17) is 5.73 Å². The number of aromatic nitrogens is 1. The van der Waals surface area contributed by atoms with Crippen molar-refractivity contribution in [2.24, 2.45) is 5.73 Å². The molecule has 3 heteroatoms. The second-order valence-corrected chi connectivity index (χ2v) is 5.55. The van der Waals surface area contributed by atoms with Crippen molar-refractivity contribution in [1.82, 2.24) is 4.98 Å². The summed E-state index contributed by atoms with van der Waals surface area (Å²) in [5.41, 5.74) is 10.9. The van der Waals surface area contributed by atoms with Crippen LogP contribution in [0, 0.1) is 13.8 Å². The molecule has 18 heavy (non-hydrogen) atoms. The molecule has 0 aliphatic heterocycles. The molecule has 0 saturated heterocycles. The standard InChI is InChI=1S/C15H17BrN2/c1-10-3-6-13(18-9-10)8-15(17)14-7-12(16)5-4-11(14)2/h3-7,9,15H,8,17H2,1-2H3. The van der Waals surface area contributed by atoms with Gasteiger partial charge in [0.2, 0.25) is 0 Å². The van der Waals surface area contributed by atoms with Gasteiger partial charge in [-0.25, -0.2) is 0 Å². The molecule has 2 N–H and O–H groups in total. The predicted octanol–water partition coefficient (Wildman–Crippen LogP) is 3.70. The van der Waals surface area contributed by atoms with Crippen molar-refractivity contribution >= 4 is 15.9 Å². The van der Waals surface area contributed by atoms with Gasteiger partial charge in [0.25, 0.3) is 0 Å². The highest BCUT2D eigenvalue weighted by atomic mass is 79.9. The van der Waals surface area contributed by atoms with Gasteiger partial charge < -0.3 is 5.73 Å². The van der Waals surface area contributed by atoms with E-state index in [2.05, 4.69) is 46.0 Å². The highest BCUT2D eigenvalue weighted by Crippen LogP contribution is 2.23. The van der Waals surface area contributed by atoms with Crippen molar-refractivity contribution in [2.45, 2.75) is 26.3 Å². The molecular weight excluding hydrogens is 288 g/mol. The minimum atomic E-state index is -0.0160. The van der Waals surface area contributed by atoms with E-state index in [-0.39, 0.29) is 6.04 Å². The molecule has 0 fully saturated rings. The Morgan fingerprint density at radius 2 is 2.00 bits per heavy atom. The first-order chi connectivity index (χ1) is 8.56. The Labute approximate surface area is 116 Å². The fourth-order valence-electron chi connectivity index (χ4n) is 1.97. The van der Waals surface area contributed by atoms with Gasteiger partial charge in [0.05, 0.1) is 0 Å². The Morgan fingerprint density at radius 1 is 1.22 bits per heavy atom. The fourth-order valence-corrected chi connectivity index (χ4v) is 2.34. The van der Waals surface area contributed by atoms with Gasteiger partial charge in [-0.05, 0) is 48.7 Å². The second kappa shape index (κ2) is 5.63. The van der Waals surface area contributed by atoms with E-state index in [1.807, 2.05) is 25.3 Å². The molecule has 1 heterocycles. The van der Waals surface area contributed by atoms with E-state index in [9.17, 15) is 0 Å². The van der Waals surface area contributed by atoms with Gasteiger partial charge in [-0.2, -0.15) is 0 Å². The third-order valence-corrected chi connectivity index (χ3v) is 3.54. The molecule has 1 atom stereocenters. The summed E-state index contributed by atoms with van der Waals surface area (Å²) >= 11 is 3.49. The van der Waals surface area contributed by atoms with Crippen LogP contribution in [0.5, 0.6) is 0 Å². The molecule has 1 unspecified atom stereocenters. The van der Waals surface area contributed by atoms with E-state index in [0.717, 1.165) is 16.6 Å². The van der Waals surface area contributed by atoms with Gasteiger partial charge in [-0.3, -0.25) is 4.98 Å². The highest BCUT2D eigenvalue weighted by Gasteiger charge is 2.11. The largest absolute Gasteiger partial charge is 0.324 e. The van der Waals surface area contributed by atoms with Crippen molar-refractivity contribution in [3.63, 3.8) is 0 Å². The van der Waals surface area contributed by atoms with Crippen molar-refractivity contribution in [3.05, 3.63) is 63.4 Å². The Kier molecular flexibility index (Phi) is 4.15. The van der Waals surface area contributed by atoms with Gasteiger partial charge in [-0.1, -0.05) is 28.1 Å². The summed E-state index contributed by atoms with van der Waals surface area (Å²) in [5.74, 6) is 0. The average Bonchev–Trinajstić information content (AvgIpc) is 2.35. The smallest absolute Gasteiger partial charge is 0.0422 e. The third kappa shape index (κ3) is 3.18. The molecule has 94 valence electrons. The summed E-state index contributed by atoms with van der Waals surface area (Å²) in [7, 11) is 0. The maximum Gasteiger partial charge on any atom is 0.0422 e. The maximum absolute atomic E-state index is 6.27. The van der Waals surface area contributed by atoms with Crippen LogP contribution in [0.4, 0.5) is 0 Å². The zero-order chi connectivity index (χ0) is 13.1. The topological polar surface area (TPSA) is 38.9 Å². The van der Waals surface area contributed by atoms with Crippen molar-refractivity contribution in [2.75, 3.05) is 0 Å². The molecule has 2 aromatic rings. The maximum atomic E-state index is 6.27. The van der Waals surface area contributed by atoms with Crippen LogP contribution in [-0.2, 0) is 6.42 Å². The molecule has 2 rings (SSSR count). The Balaban J connectivity index is 2.18. The number of nitrogens with zero attached hydrogens (tertiary/aromatic N) is 1. The summed E-state index contributed by atoms with van der Waals surface area (Å²) < 4.78 is 1.07. The van der Waals surface area contributed by atoms with Crippen LogP contribution in [0.1, 0.15) is 28.4 Å². The van der Waals surface area contributed by atoms with Crippen LogP contribution in [-0.4, -0.2) is 4.98 Å². The Bertz CT molecular complexity index is 535. The SMILES string of the molecule is Cc1ccc(CC(N)c2cc(Br)ccc2C)nc1. The fraction of sp³-hybridized carbons (Fsp3) is 0.267. The molecule has 0 aliphatic carbocycles. The van der Waals surface area contributed by atoms with Crippen LogP contribution >= 0.6 is 15.9 Å². The lowest BCUT2D eigenvalue weighted by Gasteiger charge is -2.15. The normalized spacial score (nSPS) is 12.4. The zero-order valence-electron chi connectivity index (χ0n) is 10.7. The Hall–Kier alpha value is -1.19. The van der Waals surface area contributed by atoms with Gasteiger partial charge >= 0.3 is 0 Å². The zero-order valence-corrected chi connectivity index (χ0v) is 12.2. The summed E-state index contributed by atoms with van der Waals surface area (Å²) in [6.07, 6.45) is 2.65. The molecule has 0 bridgehead atoms. The number of rotatable bonds is 3. The van der Waals surface area contributed by atoms with Crippen molar-refractivity contribution in [3.8, 4) is 0 Å². The first kappa shape index (κ1) is 13.2. The first-order valence-electron chi connectivity index (χ1n) is 5.99. The number of halogens is 1. The van der Waals surface area contributed by atoms with E-state index < -0.39 is 0 Å². The van der Waals surface area contributed by atoms with E-state index in [1.54, 1.807) is 0 Å². The second-order valence-electron chi connectivity index (χ2n) is 4.64. The van der Waals surface area contributed by atoms with Gasteiger partial charge in [0.1, 0.15) is 0 Å². The van der Waals surface area contributed by atoms with Crippen molar-refractivity contribution < 1.29 is 0 Å². The lowest BCUT2D eigenvalue weighted by atomic mass is 9.98. The first-order valence-corrected chi connectivity index (χ1v) is 6.78. The van der Waals surface area contributed by atoms with Gasteiger partial charge in [0, 0.05) is 28.8 Å². The molecule has 1 aromatic carbocycles. The highest BCUT2D eigenvalue weighted by molar-refractivity contribution is 9.10. The number of hydrogen-bond donors (Lipinski definition) is 1. The number of hydrogen-bond acceptors (Lipinski definition) is 2. The monoisotopic (exact) mass is 304 g/mol. The van der Waals surface area contributed by atoms with Crippen molar-refractivity contribution in [1.29, 1.82) is 0 Å². The van der Waals surface area contributed by atoms with Crippen LogP contribution in [0.2, 0.25) is 0 Å². The number of aryl methyl sites for hydroxylation is 2. The summed E-state index contributed by atoms with van der Waals surface area (Å²) in [4.78, 5) is 4.40. The van der Waals surface area contributed by atoms with E-state index >= 15 is 0 Å². The summed E-state index contributed by atoms with van der Waals surface area (Å²) in [5, 5.41) is 0. The quantitative estimate of drug-likeness (QED) is 0.939. The number of nitrogens with two attached hydrogens (primary N) is 1. The summed E-state index contributed by atoms with van der Waals surface area (Å²) in [6, 6.07) is 10.3. The minimum absolute atomic E-state index is 0.0160. The Morgan fingerprint density at radius 3 is 2.67 bits per heavy atom. The molecule has 0 radical (unpaired) electrons. The van der Waals surface area contributed by atoms with Crippen LogP contribution in [0.25, 0.3) is 0 Å². The number of benzene rings is 1. The minimum Gasteiger partial charge on any atom is -0.324 e. The van der Waals surface area contributed by atoms with Gasteiger partial charge in [-0.15, -0.1) is 0 Å². The summed E-state index contributed by atoms with van der Waals surface area (Å²) in [6.45, 7) is 4.12. The number of pyridine rings is 1. The molecular formula is C15H17BrN2. The van der Waals surface area contributed by atoms with E-state index in [0.29, 0.717) is 0 Å². The molecule has 0 saturated carbocycles. The van der Waals surface area contributed by atoms with Crippen LogP contribution in [0.15, 0.2) is 41.0 Å².